The van der Waals surface area contributed by atoms with E-state index in [4.69, 9.17) is 4.74 Å². The highest BCUT2D eigenvalue weighted by atomic mass is 16.5. The molecule has 2 heterocycles. The van der Waals surface area contributed by atoms with Crippen molar-refractivity contribution >= 4 is 6.03 Å². The summed E-state index contributed by atoms with van der Waals surface area (Å²) in [6.45, 7) is 3.27. The summed E-state index contributed by atoms with van der Waals surface area (Å²) < 4.78 is 5.27. The first-order valence-electron chi connectivity index (χ1n) is 6.46. The van der Waals surface area contributed by atoms with Gasteiger partial charge in [-0.15, -0.1) is 0 Å². The van der Waals surface area contributed by atoms with Gasteiger partial charge in [0.2, 0.25) is 0 Å². The Kier molecular flexibility index (Phi) is 4.23. The van der Waals surface area contributed by atoms with Crippen LogP contribution in [-0.2, 0) is 4.74 Å². The molecule has 0 spiro atoms. The Bertz CT molecular complexity index is 264. The Balaban J connectivity index is 1.84. The predicted molar refractivity (Wildman–Crippen MR) is 66.0 cm³/mol. The average molecular weight is 241 g/mol. The van der Waals surface area contributed by atoms with Crippen molar-refractivity contribution in [3.8, 4) is 0 Å². The van der Waals surface area contributed by atoms with Crippen LogP contribution in [0.15, 0.2) is 0 Å². The van der Waals surface area contributed by atoms with E-state index in [0.29, 0.717) is 12.6 Å². The zero-order chi connectivity index (χ0) is 12.3. The smallest absolute Gasteiger partial charge is 0.317 e. The van der Waals surface area contributed by atoms with Crippen molar-refractivity contribution < 1.29 is 9.53 Å². The van der Waals surface area contributed by atoms with Crippen LogP contribution < -0.4 is 5.32 Å². The van der Waals surface area contributed by atoms with Gasteiger partial charge in [-0.25, -0.2) is 4.79 Å². The lowest BCUT2D eigenvalue weighted by Gasteiger charge is -2.28. The molecule has 5 heteroatoms. The van der Waals surface area contributed by atoms with Gasteiger partial charge in [0.1, 0.15) is 0 Å². The number of amides is 2. The van der Waals surface area contributed by atoms with Crippen LogP contribution in [0.4, 0.5) is 4.79 Å². The summed E-state index contributed by atoms with van der Waals surface area (Å²) in [5.74, 6) is 0. The van der Waals surface area contributed by atoms with Crippen LogP contribution >= 0.6 is 0 Å². The van der Waals surface area contributed by atoms with Crippen LogP contribution in [0.2, 0.25) is 0 Å². The Morgan fingerprint density at radius 1 is 1.47 bits per heavy atom. The van der Waals surface area contributed by atoms with E-state index in [9.17, 15) is 4.79 Å². The normalized spacial score (nSPS) is 29.0. The molecule has 2 amide bonds. The number of likely N-dealkylation sites (N-methyl/N-ethyl adjacent to an activating group) is 1. The van der Waals surface area contributed by atoms with Crippen molar-refractivity contribution in [2.75, 3.05) is 40.4 Å². The lowest BCUT2D eigenvalue weighted by molar-refractivity contribution is 0.168. The summed E-state index contributed by atoms with van der Waals surface area (Å²) in [7, 11) is 4.11. The lowest BCUT2D eigenvalue weighted by atomic mass is 10.2. The van der Waals surface area contributed by atoms with E-state index in [2.05, 4.69) is 24.3 Å². The summed E-state index contributed by atoms with van der Waals surface area (Å²) in [5.41, 5.74) is 0. The molecule has 0 aromatic heterocycles. The number of ether oxygens (including phenoxy) is 1. The molecule has 2 aliphatic rings. The summed E-state index contributed by atoms with van der Waals surface area (Å²) in [5, 5.41) is 3.07. The van der Waals surface area contributed by atoms with E-state index in [-0.39, 0.29) is 12.1 Å². The lowest BCUT2D eigenvalue weighted by Crippen LogP contribution is -2.49. The van der Waals surface area contributed by atoms with Gasteiger partial charge in [0, 0.05) is 25.7 Å². The van der Waals surface area contributed by atoms with E-state index < -0.39 is 0 Å². The molecule has 0 saturated carbocycles. The van der Waals surface area contributed by atoms with Crippen LogP contribution in [0, 0.1) is 0 Å². The van der Waals surface area contributed by atoms with E-state index in [0.717, 1.165) is 39.0 Å². The maximum atomic E-state index is 12.1. The zero-order valence-electron chi connectivity index (χ0n) is 10.8. The van der Waals surface area contributed by atoms with Crippen molar-refractivity contribution in [2.24, 2.45) is 0 Å². The molecule has 2 aliphatic heterocycles. The van der Waals surface area contributed by atoms with Crippen molar-refractivity contribution in [3.63, 3.8) is 0 Å². The molecule has 98 valence electrons. The van der Waals surface area contributed by atoms with Gasteiger partial charge in [-0.3, -0.25) is 0 Å². The van der Waals surface area contributed by atoms with Gasteiger partial charge in [-0.05, 0) is 33.4 Å². The highest BCUT2D eigenvalue weighted by molar-refractivity contribution is 5.75. The molecule has 2 rings (SSSR count). The zero-order valence-corrected chi connectivity index (χ0v) is 10.8. The molecule has 2 saturated heterocycles. The van der Waals surface area contributed by atoms with Crippen molar-refractivity contribution in [1.82, 2.24) is 15.1 Å². The molecule has 0 bridgehead atoms. The van der Waals surface area contributed by atoms with Gasteiger partial charge in [0.25, 0.3) is 0 Å². The molecule has 0 aromatic carbocycles. The summed E-state index contributed by atoms with van der Waals surface area (Å²) in [6.07, 6.45) is 3.18. The second-order valence-electron chi connectivity index (χ2n) is 5.26. The maximum Gasteiger partial charge on any atom is 0.317 e. The summed E-state index contributed by atoms with van der Waals surface area (Å²) in [6, 6.07) is 0.667. The quantitative estimate of drug-likeness (QED) is 0.783. The molecule has 0 aliphatic carbocycles. The first-order valence-corrected chi connectivity index (χ1v) is 6.46. The van der Waals surface area contributed by atoms with E-state index >= 15 is 0 Å². The fourth-order valence-electron chi connectivity index (χ4n) is 2.62. The number of hydrogen-bond acceptors (Lipinski definition) is 3. The third kappa shape index (κ3) is 3.33. The average Bonchev–Trinajstić information content (AvgIpc) is 2.87. The van der Waals surface area contributed by atoms with Gasteiger partial charge in [0.15, 0.2) is 0 Å². The third-order valence-corrected chi connectivity index (χ3v) is 3.47. The number of carbonyl (C=O) groups excluding carboxylic acids is 1. The van der Waals surface area contributed by atoms with Gasteiger partial charge in [-0.1, -0.05) is 0 Å². The van der Waals surface area contributed by atoms with Gasteiger partial charge in [0.05, 0.1) is 12.6 Å². The van der Waals surface area contributed by atoms with E-state index in [1.165, 1.54) is 0 Å². The van der Waals surface area contributed by atoms with Crippen molar-refractivity contribution in [1.29, 1.82) is 0 Å². The number of nitrogens with zero attached hydrogens (tertiary/aromatic N) is 2. The van der Waals surface area contributed by atoms with Crippen LogP contribution in [-0.4, -0.2) is 68.3 Å². The molecular formula is C12H23N3O2. The minimum Gasteiger partial charge on any atom is -0.379 e. The molecule has 17 heavy (non-hydrogen) atoms. The van der Waals surface area contributed by atoms with Crippen LogP contribution in [0.5, 0.6) is 0 Å². The van der Waals surface area contributed by atoms with Crippen LogP contribution in [0.1, 0.15) is 19.3 Å². The molecule has 0 aromatic rings. The Hall–Kier alpha value is -0.810. The molecule has 2 unspecified atom stereocenters. The number of urea groups is 1. The third-order valence-electron chi connectivity index (χ3n) is 3.47. The molecule has 2 atom stereocenters. The first kappa shape index (κ1) is 12.6. The molecular weight excluding hydrogens is 218 g/mol. The second-order valence-corrected chi connectivity index (χ2v) is 5.26. The van der Waals surface area contributed by atoms with Crippen molar-refractivity contribution in [2.45, 2.75) is 31.3 Å². The fraction of sp³-hybridized carbons (Fsp3) is 0.917. The number of nitrogens with one attached hydrogen (secondary N) is 1. The Morgan fingerprint density at radius 3 is 2.94 bits per heavy atom. The highest BCUT2D eigenvalue weighted by Crippen LogP contribution is 2.18. The number of carbonyl (C=O) groups is 1. The van der Waals surface area contributed by atoms with Crippen LogP contribution in [0.25, 0.3) is 0 Å². The van der Waals surface area contributed by atoms with E-state index in [1.807, 2.05) is 4.90 Å². The number of hydrogen-bond donors (Lipinski definition) is 1. The fourth-order valence-corrected chi connectivity index (χ4v) is 2.62. The van der Waals surface area contributed by atoms with Crippen LogP contribution in [0.3, 0.4) is 0 Å². The van der Waals surface area contributed by atoms with Gasteiger partial charge >= 0.3 is 6.03 Å². The minimum absolute atomic E-state index is 0.0878. The Morgan fingerprint density at radius 2 is 2.29 bits per heavy atom. The minimum atomic E-state index is 0.0878. The Labute approximate surface area is 103 Å². The number of rotatable bonds is 3. The predicted octanol–water partition coefficient (Wildman–Crippen LogP) is 0.511. The topological polar surface area (TPSA) is 44.8 Å². The largest absolute Gasteiger partial charge is 0.379 e. The monoisotopic (exact) mass is 241 g/mol. The SMILES string of the molecule is CN(C)CC1CCCN1C(=O)NC1CCOC1. The molecule has 0 radical (unpaired) electrons. The highest BCUT2D eigenvalue weighted by Gasteiger charge is 2.30. The summed E-state index contributed by atoms with van der Waals surface area (Å²) >= 11 is 0. The number of likely N-dealkylation sites (tertiary alicyclic amines) is 1. The standard InChI is InChI=1S/C12H23N3O2/c1-14(2)8-11-4-3-6-15(11)12(16)13-10-5-7-17-9-10/h10-11H,3-9H2,1-2H3,(H,13,16). The van der Waals surface area contributed by atoms with Gasteiger partial charge in [-0.2, -0.15) is 0 Å². The first-order chi connectivity index (χ1) is 8.16. The molecule has 1 N–H and O–H groups in total. The van der Waals surface area contributed by atoms with Gasteiger partial charge < -0.3 is 19.9 Å². The van der Waals surface area contributed by atoms with Crippen molar-refractivity contribution in [3.05, 3.63) is 0 Å². The van der Waals surface area contributed by atoms with E-state index in [1.54, 1.807) is 0 Å². The molecule has 5 nitrogen and oxygen atoms in total. The maximum absolute atomic E-state index is 12.1. The summed E-state index contributed by atoms with van der Waals surface area (Å²) in [4.78, 5) is 16.3. The molecule has 2 fully saturated rings. The second kappa shape index (κ2) is 5.69.